The van der Waals surface area contributed by atoms with E-state index < -0.39 is 22.7 Å². The third kappa shape index (κ3) is 5.19. The van der Waals surface area contributed by atoms with Crippen LogP contribution in [0.15, 0.2) is 76.8 Å². The molecule has 3 aromatic rings. The van der Waals surface area contributed by atoms with Crippen molar-refractivity contribution in [2.75, 3.05) is 20.8 Å². The van der Waals surface area contributed by atoms with Crippen molar-refractivity contribution in [2.24, 2.45) is 0 Å². The van der Waals surface area contributed by atoms with Crippen LogP contribution >= 0.6 is 15.9 Å². The number of Topliss-reactive ketones (excluding diaryl/α,β-unsaturated/α-hetero) is 1. The van der Waals surface area contributed by atoms with Crippen LogP contribution in [-0.4, -0.2) is 47.4 Å². The summed E-state index contributed by atoms with van der Waals surface area (Å²) in [5.41, 5.74) is 1.48. The fourth-order valence-corrected chi connectivity index (χ4v) is 4.55. The van der Waals surface area contributed by atoms with E-state index >= 15 is 0 Å². The van der Waals surface area contributed by atoms with Crippen molar-refractivity contribution in [3.05, 3.63) is 104 Å². The Morgan fingerprint density at radius 3 is 2.24 bits per heavy atom. The Morgan fingerprint density at radius 2 is 1.65 bits per heavy atom. The number of nitro benzene ring substituents is 1. The number of hydrogen-bond acceptors (Lipinski definition) is 7. The number of aliphatic hydroxyl groups is 1. The first-order valence-corrected chi connectivity index (χ1v) is 12.0. The maximum atomic E-state index is 13.2. The number of methoxy groups -OCH3 is 2. The van der Waals surface area contributed by atoms with Gasteiger partial charge in [-0.1, -0.05) is 34.1 Å². The minimum atomic E-state index is -0.926. The largest absolute Gasteiger partial charge is 0.507 e. The molecule has 0 aromatic heterocycles. The number of benzene rings is 3. The van der Waals surface area contributed by atoms with Gasteiger partial charge < -0.3 is 19.5 Å². The van der Waals surface area contributed by atoms with Crippen molar-refractivity contribution in [3.63, 3.8) is 0 Å². The molecule has 1 aliphatic rings. The molecular formula is C27H23BrN2O7. The zero-order valence-corrected chi connectivity index (χ0v) is 21.6. The molecule has 0 radical (unpaired) electrons. The van der Waals surface area contributed by atoms with Gasteiger partial charge in [0.1, 0.15) is 5.76 Å². The molecule has 0 bridgehead atoms. The second kappa shape index (κ2) is 10.8. The lowest BCUT2D eigenvalue weighted by Gasteiger charge is -2.25. The highest BCUT2D eigenvalue weighted by Crippen LogP contribution is 2.40. The van der Waals surface area contributed by atoms with E-state index in [1.54, 1.807) is 36.4 Å². The Hall–Kier alpha value is -4.18. The second-order valence-electron chi connectivity index (χ2n) is 8.29. The summed E-state index contributed by atoms with van der Waals surface area (Å²) in [6, 6.07) is 16.7. The summed E-state index contributed by atoms with van der Waals surface area (Å²) in [5, 5.41) is 22.3. The van der Waals surface area contributed by atoms with Crippen molar-refractivity contribution >= 4 is 39.1 Å². The topological polar surface area (TPSA) is 119 Å². The van der Waals surface area contributed by atoms with E-state index in [9.17, 15) is 24.8 Å². The summed E-state index contributed by atoms with van der Waals surface area (Å²) in [7, 11) is 3.06. The second-order valence-corrected chi connectivity index (χ2v) is 9.20. The first kappa shape index (κ1) is 25.9. The summed E-state index contributed by atoms with van der Waals surface area (Å²) in [6.45, 7) is 0.152. The molecule has 1 atom stereocenters. The SMILES string of the molecule is COc1ccc(CCN2C(=O)C(=O)/C(=C(\O)c3ccc(Br)cc3)C2c2ccc([N+](=O)[O-])cc2)cc1OC. The molecule has 10 heteroatoms. The predicted octanol–water partition coefficient (Wildman–Crippen LogP) is 5.04. The van der Waals surface area contributed by atoms with Crippen LogP contribution in [0.25, 0.3) is 5.76 Å². The standard InChI is InChI=1S/C27H23BrN2O7/c1-36-21-12-3-16(15-22(21)37-2)13-14-29-24(17-6-10-20(11-7-17)30(34)35)23(26(32)27(29)33)25(31)18-4-8-19(28)9-5-18/h3-12,15,24,31H,13-14H2,1-2H3/b25-23-. The van der Waals surface area contributed by atoms with Crippen LogP contribution in [0.2, 0.25) is 0 Å². The molecule has 0 saturated carbocycles. The molecule has 1 saturated heterocycles. The average molecular weight is 567 g/mol. The maximum Gasteiger partial charge on any atom is 0.295 e. The van der Waals surface area contributed by atoms with Gasteiger partial charge in [0.2, 0.25) is 0 Å². The Labute approximate surface area is 221 Å². The number of nitrogens with zero attached hydrogens (tertiary/aromatic N) is 2. The number of amides is 1. The highest BCUT2D eigenvalue weighted by atomic mass is 79.9. The number of carbonyl (C=O) groups is 2. The van der Waals surface area contributed by atoms with E-state index in [1.165, 1.54) is 43.4 Å². The van der Waals surface area contributed by atoms with Crippen LogP contribution in [0.3, 0.4) is 0 Å². The average Bonchev–Trinajstić information content (AvgIpc) is 3.16. The Bertz CT molecular complexity index is 1380. The third-order valence-electron chi connectivity index (χ3n) is 6.17. The zero-order chi connectivity index (χ0) is 26.7. The molecule has 1 amide bonds. The van der Waals surface area contributed by atoms with Crippen molar-refractivity contribution in [1.82, 2.24) is 4.90 Å². The van der Waals surface area contributed by atoms with Crippen LogP contribution in [0.5, 0.6) is 11.5 Å². The predicted molar refractivity (Wildman–Crippen MR) is 139 cm³/mol. The fourth-order valence-electron chi connectivity index (χ4n) is 4.28. The van der Waals surface area contributed by atoms with Gasteiger partial charge in [0.05, 0.1) is 30.8 Å². The number of nitro groups is 1. The minimum absolute atomic E-state index is 0.0755. The number of ketones is 1. The van der Waals surface area contributed by atoms with Crippen LogP contribution < -0.4 is 9.47 Å². The van der Waals surface area contributed by atoms with Gasteiger partial charge in [-0.25, -0.2) is 0 Å². The first-order chi connectivity index (χ1) is 17.7. The maximum absolute atomic E-state index is 13.2. The molecule has 190 valence electrons. The van der Waals surface area contributed by atoms with Crippen molar-refractivity contribution in [1.29, 1.82) is 0 Å². The Morgan fingerprint density at radius 1 is 1.00 bits per heavy atom. The van der Waals surface area contributed by atoms with Crippen LogP contribution in [0, 0.1) is 10.1 Å². The van der Waals surface area contributed by atoms with E-state index in [1.807, 2.05) is 6.07 Å². The van der Waals surface area contributed by atoms with E-state index in [-0.39, 0.29) is 23.6 Å². The molecule has 1 aliphatic heterocycles. The molecule has 9 nitrogen and oxygen atoms in total. The number of halogens is 1. The highest BCUT2D eigenvalue weighted by Gasteiger charge is 2.46. The number of ether oxygens (including phenoxy) is 2. The summed E-state index contributed by atoms with van der Waals surface area (Å²) < 4.78 is 11.4. The van der Waals surface area contributed by atoms with Crippen molar-refractivity contribution in [2.45, 2.75) is 12.5 Å². The van der Waals surface area contributed by atoms with Crippen molar-refractivity contribution < 1.29 is 29.1 Å². The summed E-state index contributed by atoms with van der Waals surface area (Å²) >= 11 is 3.34. The van der Waals surface area contributed by atoms with Gasteiger partial charge in [0, 0.05) is 28.7 Å². The molecule has 4 rings (SSSR count). The normalized spacial score (nSPS) is 16.6. The molecule has 0 aliphatic carbocycles. The number of non-ortho nitro benzene ring substituents is 1. The number of aliphatic hydroxyl groups excluding tert-OH is 1. The van der Waals surface area contributed by atoms with E-state index in [0.29, 0.717) is 29.0 Å². The summed E-state index contributed by atoms with van der Waals surface area (Å²) in [6.07, 6.45) is 0.384. The number of likely N-dealkylation sites (tertiary alicyclic amines) is 1. The smallest absolute Gasteiger partial charge is 0.295 e. The summed E-state index contributed by atoms with van der Waals surface area (Å²) in [4.78, 5) is 38.4. The van der Waals surface area contributed by atoms with E-state index in [0.717, 1.165) is 10.0 Å². The van der Waals surface area contributed by atoms with E-state index in [4.69, 9.17) is 9.47 Å². The lowest BCUT2D eigenvalue weighted by Crippen LogP contribution is -2.31. The molecule has 1 fully saturated rings. The van der Waals surface area contributed by atoms with Crippen LogP contribution in [-0.2, 0) is 16.0 Å². The van der Waals surface area contributed by atoms with Gasteiger partial charge in [0.25, 0.3) is 17.4 Å². The molecule has 0 spiro atoms. The van der Waals surface area contributed by atoms with Crippen molar-refractivity contribution in [3.8, 4) is 11.5 Å². The van der Waals surface area contributed by atoms with Gasteiger partial charge in [-0.15, -0.1) is 0 Å². The molecule has 1 N–H and O–H groups in total. The third-order valence-corrected chi connectivity index (χ3v) is 6.70. The Kier molecular flexibility index (Phi) is 7.58. The van der Waals surface area contributed by atoms with Crippen LogP contribution in [0.1, 0.15) is 22.7 Å². The number of carbonyl (C=O) groups excluding carboxylic acids is 2. The van der Waals surface area contributed by atoms with Gasteiger partial charge in [0.15, 0.2) is 11.5 Å². The van der Waals surface area contributed by atoms with Gasteiger partial charge >= 0.3 is 0 Å². The number of rotatable bonds is 8. The van der Waals surface area contributed by atoms with E-state index in [2.05, 4.69) is 15.9 Å². The monoisotopic (exact) mass is 566 g/mol. The lowest BCUT2D eigenvalue weighted by molar-refractivity contribution is -0.384. The molecule has 37 heavy (non-hydrogen) atoms. The molecule has 3 aromatic carbocycles. The number of hydrogen-bond donors (Lipinski definition) is 1. The minimum Gasteiger partial charge on any atom is -0.507 e. The molecule has 1 unspecified atom stereocenters. The fraction of sp³-hybridized carbons (Fsp3) is 0.185. The molecule has 1 heterocycles. The summed E-state index contributed by atoms with van der Waals surface area (Å²) in [5.74, 6) is -0.808. The quantitative estimate of drug-likeness (QED) is 0.133. The Balaban J connectivity index is 1.75. The zero-order valence-electron chi connectivity index (χ0n) is 20.0. The lowest BCUT2D eigenvalue weighted by atomic mass is 9.95. The molecular weight excluding hydrogens is 544 g/mol. The highest BCUT2D eigenvalue weighted by molar-refractivity contribution is 9.10. The van der Waals surface area contributed by atoms with Gasteiger partial charge in [-0.3, -0.25) is 19.7 Å². The first-order valence-electron chi connectivity index (χ1n) is 11.2. The van der Waals surface area contributed by atoms with Gasteiger partial charge in [-0.05, 0) is 53.9 Å². The van der Waals surface area contributed by atoms with Gasteiger partial charge in [-0.2, -0.15) is 0 Å². The van der Waals surface area contributed by atoms with Crippen LogP contribution in [0.4, 0.5) is 5.69 Å².